The van der Waals surface area contributed by atoms with E-state index in [0.29, 0.717) is 6.54 Å². The predicted octanol–water partition coefficient (Wildman–Crippen LogP) is 3.86. The van der Waals surface area contributed by atoms with Gasteiger partial charge in [0.25, 0.3) is 0 Å². The molecule has 24 heavy (non-hydrogen) atoms. The number of thioether (sulfide) groups is 1. The number of rotatable bonds is 6. The number of hydrogen-bond donors (Lipinski definition) is 2. The molecule has 5 nitrogen and oxygen atoms in total. The van der Waals surface area contributed by atoms with E-state index in [1.165, 1.54) is 4.90 Å². The molecule has 0 spiro atoms. The predicted molar refractivity (Wildman–Crippen MR) is 93.6 cm³/mol. The molecule has 0 radical (unpaired) electrons. The molecule has 0 saturated heterocycles. The highest BCUT2D eigenvalue weighted by molar-refractivity contribution is 7.98. The van der Waals surface area contributed by atoms with Crippen LogP contribution in [0.5, 0.6) is 0 Å². The summed E-state index contributed by atoms with van der Waals surface area (Å²) in [6.45, 7) is 2.57. The lowest BCUT2D eigenvalue weighted by molar-refractivity contribution is -0.125. The van der Waals surface area contributed by atoms with Crippen molar-refractivity contribution in [3.05, 3.63) is 48.0 Å². The third-order valence-corrected chi connectivity index (χ3v) is 5.54. The van der Waals surface area contributed by atoms with Crippen LogP contribution in [0.1, 0.15) is 31.2 Å². The van der Waals surface area contributed by atoms with Crippen molar-refractivity contribution in [1.29, 1.82) is 0 Å². The van der Waals surface area contributed by atoms with Gasteiger partial charge in [-0.3, -0.25) is 4.79 Å². The summed E-state index contributed by atoms with van der Waals surface area (Å²) < 4.78 is 4.85. The number of carbonyl (C=O) groups is 1. The van der Waals surface area contributed by atoms with E-state index >= 15 is 0 Å². The molecule has 1 amide bonds. The standard InChI is InChI=1S/C18H19N3O2S/c1-18(5-6-18)17(22)19-10-14-8-12-2-3-15(9-16(12)20-14)24-11-13-4-7-23-21-13/h2-4,7-9,20H,5-6,10-11H2,1H3,(H,19,22). The second-order valence-electron chi connectivity index (χ2n) is 6.57. The van der Waals surface area contributed by atoms with Gasteiger partial charge in [0.2, 0.25) is 5.91 Å². The van der Waals surface area contributed by atoms with Crippen molar-refractivity contribution in [2.75, 3.05) is 0 Å². The number of hydrogen-bond acceptors (Lipinski definition) is 4. The lowest BCUT2D eigenvalue weighted by Gasteiger charge is -2.08. The van der Waals surface area contributed by atoms with Gasteiger partial charge in [-0.25, -0.2) is 0 Å². The highest BCUT2D eigenvalue weighted by atomic mass is 32.2. The van der Waals surface area contributed by atoms with Gasteiger partial charge in [-0.2, -0.15) is 0 Å². The molecule has 1 fully saturated rings. The van der Waals surface area contributed by atoms with Crippen molar-refractivity contribution >= 4 is 28.6 Å². The van der Waals surface area contributed by atoms with Crippen LogP contribution in [0.15, 0.2) is 46.0 Å². The first-order valence-corrected chi connectivity index (χ1v) is 9.03. The van der Waals surface area contributed by atoms with E-state index in [0.717, 1.165) is 40.9 Å². The summed E-state index contributed by atoms with van der Waals surface area (Å²) in [5.41, 5.74) is 2.92. The summed E-state index contributed by atoms with van der Waals surface area (Å²) in [5.74, 6) is 0.939. The quantitative estimate of drug-likeness (QED) is 0.668. The maximum Gasteiger partial charge on any atom is 0.226 e. The van der Waals surface area contributed by atoms with Crippen LogP contribution in [-0.4, -0.2) is 16.0 Å². The summed E-state index contributed by atoms with van der Waals surface area (Å²) in [4.78, 5) is 16.6. The molecule has 6 heteroatoms. The van der Waals surface area contributed by atoms with Gasteiger partial charge in [0, 0.05) is 33.3 Å². The van der Waals surface area contributed by atoms with Gasteiger partial charge in [0.05, 0.1) is 12.2 Å². The monoisotopic (exact) mass is 341 g/mol. The van der Waals surface area contributed by atoms with E-state index in [9.17, 15) is 4.79 Å². The largest absolute Gasteiger partial charge is 0.364 e. The average Bonchev–Trinajstić information content (AvgIpc) is 3.03. The first kappa shape index (κ1) is 15.3. The van der Waals surface area contributed by atoms with E-state index in [2.05, 4.69) is 39.7 Å². The number of aromatic nitrogens is 2. The second-order valence-corrected chi connectivity index (χ2v) is 7.62. The van der Waals surface area contributed by atoms with Crippen molar-refractivity contribution in [2.45, 2.75) is 37.0 Å². The topological polar surface area (TPSA) is 70.9 Å². The Labute approximate surface area is 144 Å². The van der Waals surface area contributed by atoms with Gasteiger partial charge in [-0.1, -0.05) is 18.1 Å². The van der Waals surface area contributed by atoms with E-state index in [4.69, 9.17) is 4.52 Å². The van der Waals surface area contributed by atoms with Crippen molar-refractivity contribution in [3.63, 3.8) is 0 Å². The van der Waals surface area contributed by atoms with Crippen molar-refractivity contribution in [2.24, 2.45) is 5.41 Å². The summed E-state index contributed by atoms with van der Waals surface area (Å²) in [5, 5.41) is 8.10. The molecule has 1 aliphatic rings. The number of nitrogens with one attached hydrogen (secondary N) is 2. The SMILES string of the molecule is CC1(C(=O)NCc2cc3ccc(SCc4ccon4)cc3[nH]2)CC1. The van der Waals surface area contributed by atoms with E-state index in [1.807, 2.05) is 13.0 Å². The number of aromatic amines is 1. The van der Waals surface area contributed by atoms with Gasteiger partial charge >= 0.3 is 0 Å². The van der Waals surface area contributed by atoms with Crippen LogP contribution in [0.2, 0.25) is 0 Å². The molecular formula is C18H19N3O2S. The summed E-state index contributed by atoms with van der Waals surface area (Å²) in [6.07, 6.45) is 3.59. The molecule has 2 N–H and O–H groups in total. The molecular weight excluding hydrogens is 322 g/mol. The number of nitrogens with zero attached hydrogens (tertiary/aromatic N) is 1. The van der Waals surface area contributed by atoms with Crippen LogP contribution in [0.3, 0.4) is 0 Å². The van der Waals surface area contributed by atoms with Gasteiger partial charge < -0.3 is 14.8 Å². The number of benzene rings is 1. The Balaban J connectivity index is 1.42. The molecule has 1 aliphatic carbocycles. The van der Waals surface area contributed by atoms with Crippen LogP contribution in [-0.2, 0) is 17.1 Å². The zero-order valence-electron chi connectivity index (χ0n) is 13.5. The molecule has 2 aromatic heterocycles. The third-order valence-electron chi connectivity index (χ3n) is 4.52. The number of amides is 1. The van der Waals surface area contributed by atoms with Crippen LogP contribution < -0.4 is 5.32 Å². The Kier molecular flexibility index (Phi) is 3.84. The maximum absolute atomic E-state index is 12.0. The fourth-order valence-electron chi connectivity index (χ4n) is 2.62. The Morgan fingerprint density at radius 2 is 2.25 bits per heavy atom. The summed E-state index contributed by atoms with van der Waals surface area (Å²) in [6, 6.07) is 10.3. The van der Waals surface area contributed by atoms with Crippen molar-refractivity contribution in [3.8, 4) is 0 Å². The molecule has 1 saturated carbocycles. The first-order chi connectivity index (χ1) is 11.6. The molecule has 0 unspecified atom stereocenters. The van der Waals surface area contributed by atoms with Gasteiger partial charge in [0.1, 0.15) is 6.26 Å². The second kappa shape index (κ2) is 6.02. The smallest absolute Gasteiger partial charge is 0.226 e. The lowest BCUT2D eigenvalue weighted by atomic mass is 10.1. The highest BCUT2D eigenvalue weighted by Crippen LogP contribution is 2.45. The van der Waals surface area contributed by atoms with Crippen LogP contribution >= 0.6 is 11.8 Å². The highest BCUT2D eigenvalue weighted by Gasteiger charge is 2.44. The van der Waals surface area contributed by atoms with Crippen molar-refractivity contribution < 1.29 is 9.32 Å². The van der Waals surface area contributed by atoms with E-state index < -0.39 is 0 Å². The Morgan fingerprint density at radius 3 is 3.00 bits per heavy atom. The van der Waals surface area contributed by atoms with Crippen LogP contribution in [0.25, 0.3) is 10.9 Å². The molecule has 124 valence electrons. The molecule has 0 bridgehead atoms. The Morgan fingerprint density at radius 1 is 1.38 bits per heavy atom. The van der Waals surface area contributed by atoms with E-state index in [-0.39, 0.29) is 11.3 Å². The molecule has 3 aromatic rings. The Bertz CT molecular complexity index is 866. The van der Waals surface area contributed by atoms with Crippen LogP contribution in [0, 0.1) is 5.41 Å². The third kappa shape index (κ3) is 3.19. The molecule has 4 rings (SSSR count). The molecule has 1 aromatic carbocycles. The Hall–Kier alpha value is -2.21. The minimum absolute atomic E-state index is 0.128. The lowest BCUT2D eigenvalue weighted by Crippen LogP contribution is -2.29. The molecule has 2 heterocycles. The number of H-pyrrole nitrogens is 1. The normalized spacial score (nSPS) is 15.5. The fourth-order valence-corrected chi connectivity index (χ4v) is 3.45. The minimum Gasteiger partial charge on any atom is -0.364 e. The van der Waals surface area contributed by atoms with Gasteiger partial charge in [-0.15, -0.1) is 11.8 Å². The number of carbonyl (C=O) groups excluding carboxylic acids is 1. The van der Waals surface area contributed by atoms with Gasteiger partial charge in [-0.05, 0) is 36.4 Å². The van der Waals surface area contributed by atoms with Crippen molar-refractivity contribution in [1.82, 2.24) is 15.5 Å². The molecule has 0 aliphatic heterocycles. The van der Waals surface area contributed by atoms with Gasteiger partial charge in [0.15, 0.2) is 0 Å². The summed E-state index contributed by atoms with van der Waals surface area (Å²) >= 11 is 1.72. The maximum atomic E-state index is 12.0. The zero-order chi connectivity index (χ0) is 16.6. The van der Waals surface area contributed by atoms with E-state index in [1.54, 1.807) is 18.0 Å². The first-order valence-electron chi connectivity index (χ1n) is 8.04. The zero-order valence-corrected chi connectivity index (χ0v) is 14.3. The summed E-state index contributed by atoms with van der Waals surface area (Å²) in [7, 11) is 0. The average molecular weight is 341 g/mol. The minimum atomic E-state index is -0.128. The fraction of sp³-hybridized carbons (Fsp3) is 0.333. The number of fused-ring (bicyclic) bond motifs is 1. The van der Waals surface area contributed by atoms with Crippen LogP contribution in [0.4, 0.5) is 0 Å². The molecule has 0 atom stereocenters.